The van der Waals surface area contributed by atoms with Crippen molar-refractivity contribution in [2.24, 2.45) is 0 Å². The minimum Gasteiger partial charge on any atom is -0.398 e. The van der Waals surface area contributed by atoms with Crippen molar-refractivity contribution in [3.8, 4) is 0 Å². The summed E-state index contributed by atoms with van der Waals surface area (Å²) in [6.07, 6.45) is 3.35. The van der Waals surface area contributed by atoms with E-state index in [0.29, 0.717) is 23.4 Å². The van der Waals surface area contributed by atoms with Crippen LogP contribution in [0.3, 0.4) is 0 Å². The van der Waals surface area contributed by atoms with Crippen molar-refractivity contribution in [2.45, 2.75) is 0 Å². The lowest BCUT2D eigenvalue weighted by atomic mass is 10.1. The van der Waals surface area contributed by atoms with Gasteiger partial charge in [0.15, 0.2) is 0 Å². The van der Waals surface area contributed by atoms with Gasteiger partial charge in [0.1, 0.15) is 11.6 Å². The molecule has 0 atom stereocenters. The maximum absolute atomic E-state index is 13.2. The van der Waals surface area contributed by atoms with Crippen molar-refractivity contribution in [1.29, 1.82) is 0 Å². The molecule has 0 aliphatic carbocycles. The fourth-order valence-corrected chi connectivity index (χ4v) is 1.59. The minimum absolute atomic E-state index is 0.361. The smallest absolute Gasteiger partial charge is 0.134 e. The van der Waals surface area contributed by atoms with E-state index in [1.165, 1.54) is 12.1 Å². The lowest BCUT2D eigenvalue weighted by molar-refractivity contribution is 0.630. The summed E-state index contributed by atoms with van der Waals surface area (Å²) < 4.78 is 13.2. The van der Waals surface area contributed by atoms with Crippen LogP contribution >= 0.6 is 0 Å². The number of nitrogens with one attached hydrogen (secondary N) is 1. The number of hydrogen-bond acceptors (Lipinski definition) is 3. The Kier molecular flexibility index (Phi) is 2.72. The fourth-order valence-electron chi connectivity index (χ4n) is 1.59. The van der Waals surface area contributed by atoms with Gasteiger partial charge in [-0.2, -0.15) is 0 Å². The van der Waals surface area contributed by atoms with Crippen LogP contribution in [-0.4, -0.2) is 11.5 Å². The summed E-state index contributed by atoms with van der Waals surface area (Å²) in [5, 5.41) is 4.52. The van der Waals surface area contributed by atoms with E-state index in [0.717, 1.165) is 5.39 Å². The number of nitrogen functional groups attached to an aromatic ring is 1. The number of benzene rings is 1. The summed E-state index contributed by atoms with van der Waals surface area (Å²) in [7, 11) is 0. The number of pyridine rings is 1. The Bertz CT molecular complexity index is 537. The second-order valence-electron chi connectivity index (χ2n) is 3.42. The van der Waals surface area contributed by atoms with Crippen LogP contribution in [0.4, 0.5) is 15.9 Å². The summed E-state index contributed by atoms with van der Waals surface area (Å²) in [4.78, 5) is 4.15. The topological polar surface area (TPSA) is 50.9 Å². The molecule has 3 N–H and O–H groups in total. The monoisotopic (exact) mass is 217 g/mol. The molecule has 0 saturated heterocycles. The molecule has 1 aromatic heterocycles. The predicted octanol–water partition coefficient (Wildman–Crippen LogP) is 2.55. The second-order valence-corrected chi connectivity index (χ2v) is 3.42. The third-order valence-electron chi connectivity index (χ3n) is 2.29. The van der Waals surface area contributed by atoms with Crippen molar-refractivity contribution < 1.29 is 4.39 Å². The van der Waals surface area contributed by atoms with E-state index in [1.54, 1.807) is 18.3 Å². The Hall–Kier alpha value is -2.10. The molecule has 82 valence electrons. The van der Waals surface area contributed by atoms with E-state index < -0.39 is 0 Å². The Morgan fingerprint density at radius 1 is 1.44 bits per heavy atom. The molecule has 0 amide bonds. The summed E-state index contributed by atoms with van der Waals surface area (Å²) in [6, 6.07) is 4.49. The molecule has 0 saturated carbocycles. The van der Waals surface area contributed by atoms with Crippen molar-refractivity contribution in [3.63, 3.8) is 0 Å². The maximum Gasteiger partial charge on any atom is 0.134 e. The van der Waals surface area contributed by atoms with Gasteiger partial charge in [-0.3, -0.25) is 0 Å². The number of anilines is 2. The average Bonchev–Trinajstić information content (AvgIpc) is 2.26. The molecule has 2 rings (SSSR count). The van der Waals surface area contributed by atoms with Crippen LogP contribution < -0.4 is 11.1 Å². The van der Waals surface area contributed by atoms with Crippen LogP contribution in [0.2, 0.25) is 0 Å². The SMILES string of the molecule is C=CCNc1nccc2c(N)cc(F)cc12. The van der Waals surface area contributed by atoms with Crippen LogP contribution in [0.15, 0.2) is 37.1 Å². The first kappa shape index (κ1) is 10.4. The van der Waals surface area contributed by atoms with Crippen molar-refractivity contribution in [2.75, 3.05) is 17.6 Å². The first-order valence-electron chi connectivity index (χ1n) is 4.91. The summed E-state index contributed by atoms with van der Waals surface area (Å²) in [6.45, 7) is 4.17. The van der Waals surface area contributed by atoms with Gasteiger partial charge < -0.3 is 11.1 Å². The zero-order valence-corrected chi connectivity index (χ0v) is 8.70. The number of rotatable bonds is 3. The van der Waals surface area contributed by atoms with Crippen molar-refractivity contribution in [1.82, 2.24) is 4.98 Å². The molecule has 0 bridgehead atoms. The Morgan fingerprint density at radius 3 is 3.00 bits per heavy atom. The average molecular weight is 217 g/mol. The van der Waals surface area contributed by atoms with E-state index in [4.69, 9.17) is 5.73 Å². The van der Waals surface area contributed by atoms with Crippen LogP contribution in [0.25, 0.3) is 10.8 Å². The van der Waals surface area contributed by atoms with Gasteiger partial charge in [-0.15, -0.1) is 6.58 Å². The molecule has 3 nitrogen and oxygen atoms in total. The van der Waals surface area contributed by atoms with E-state index in [-0.39, 0.29) is 5.82 Å². The van der Waals surface area contributed by atoms with Crippen LogP contribution in [0, 0.1) is 5.82 Å². The third-order valence-corrected chi connectivity index (χ3v) is 2.29. The van der Waals surface area contributed by atoms with Crippen molar-refractivity contribution >= 4 is 22.3 Å². The lowest BCUT2D eigenvalue weighted by Gasteiger charge is -2.08. The number of nitrogens with two attached hydrogens (primary N) is 1. The molecule has 4 heteroatoms. The van der Waals surface area contributed by atoms with E-state index >= 15 is 0 Å². The Balaban J connectivity index is 2.61. The summed E-state index contributed by atoms with van der Waals surface area (Å²) in [5.74, 6) is 0.253. The Labute approximate surface area is 92.8 Å². The summed E-state index contributed by atoms with van der Waals surface area (Å²) >= 11 is 0. The molecule has 2 aromatic rings. The van der Waals surface area contributed by atoms with E-state index in [1.807, 2.05) is 0 Å². The molecule has 0 fully saturated rings. The fraction of sp³-hybridized carbons (Fsp3) is 0.0833. The number of hydrogen-bond donors (Lipinski definition) is 2. The van der Waals surface area contributed by atoms with Crippen LogP contribution in [0.1, 0.15) is 0 Å². The normalized spacial score (nSPS) is 10.3. The van der Waals surface area contributed by atoms with Gasteiger partial charge in [-0.05, 0) is 18.2 Å². The second kappa shape index (κ2) is 4.18. The minimum atomic E-state index is -0.361. The van der Waals surface area contributed by atoms with E-state index in [2.05, 4.69) is 16.9 Å². The zero-order chi connectivity index (χ0) is 11.5. The highest BCUT2D eigenvalue weighted by Crippen LogP contribution is 2.26. The van der Waals surface area contributed by atoms with E-state index in [9.17, 15) is 4.39 Å². The van der Waals surface area contributed by atoms with Crippen LogP contribution in [0.5, 0.6) is 0 Å². The van der Waals surface area contributed by atoms with Gasteiger partial charge in [0.2, 0.25) is 0 Å². The highest BCUT2D eigenvalue weighted by atomic mass is 19.1. The molecule has 1 heterocycles. The summed E-state index contributed by atoms with van der Waals surface area (Å²) in [5.41, 5.74) is 6.15. The van der Waals surface area contributed by atoms with Crippen LogP contribution in [-0.2, 0) is 0 Å². The largest absolute Gasteiger partial charge is 0.398 e. The molecular weight excluding hydrogens is 205 g/mol. The molecule has 0 aliphatic rings. The van der Waals surface area contributed by atoms with Gasteiger partial charge in [0, 0.05) is 29.2 Å². The zero-order valence-electron chi connectivity index (χ0n) is 8.70. The van der Waals surface area contributed by atoms with Gasteiger partial charge >= 0.3 is 0 Å². The maximum atomic E-state index is 13.2. The quantitative estimate of drug-likeness (QED) is 0.613. The van der Waals surface area contributed by atoms with Gasteiger partial charge in [-0.1, -0.05) is 6.08 Å². The van der Waals surface area contributed by atoms with Gasteiger partial charge in [0.05, 0.1) is 0 Å². The first-order chi connectivity index (χ1) is 7.72. The molecule has 16 heavy (non-hydrogen) atoms. The molecule has 0 radical (unpaired) electrons. The number of halogens is 1. The number of aromatic nitrogens is 1. The molecule has 0 spiro atoms. The lowest BCUT2D eigenvalue weighted by Crippen LogP contribution is -2.01. The standard InChI is InChI=1S/C12H12FN3/c1-2-4-15-12-10-6-8(13)7-11(14)9(10)3-5-16-12/h2-3,5-7H,1,4,14H2,(H,15,16). The molecule has 1 aromatic carbocycles. The van der Waals surface area contributed by atoms with Gasteiger partial charge in [0.25, 0.3) is 0 Å². The number of nitrogens with zero attached hydrogens (tertiary/aromatic N) is 1. The van der Waals surface area contributed by atoms with Crippen molar-refractivity contribution in [3.05, 3.63) is 42.9 Å². The Morgan fingerprint density at radius 2 is 2.25 bits per heavy atom. The first-order valence-corrected chi connectivity index (χ1v) is 4.91. The third kappa shape index (κ3) is 1.82. The molecule has 0 aliphatic heterocycles. The highest BCUT2D eigenvalue weighted by molar-refractivity contribution is 5.99. The highest BCUT2D eigenvalue weighted by Gasteiger charge is 2.06. The molecule has 0 unspecified atom stereocenters. The number of fused-ring (bicyclic) bond motifs is 1. The van der Waals surface area contributed by atoms with Gasteiger partial charge in [-0.25, -0.2) is 9.37 Å². The molecular formula is C12H12FN3. The predicted molar refractivity (Wildman–Crippen MR) is 64.8 cm³/mol.